The smallest absolute Gasteiger partial charge is 0.261 e. The Hall–Kier alpha value is -3.93. The van der Waals surface area contributed by atoms with Gasteiger partial charge in [0, 0.05) is 18.7 Å². The largest absolute Gasteiger partial charge is 0.497 e. The summed E-state index contributed by atoms with van der Waals surface area (Å²) in [4.78, 5) is 41.4. The average molecular weight is 469 g/mol. The second-order valence-electron chi connectivity index (χ2n) is 9.23. The molecule has 0 saturated carbocycles. The Labute approximate surface area is 205 Å². The number of piperidine rings is 1. The number of ether oxygens (including phenoxy) is 1. The number of hydrogen-bond acceptors (Lipinski definition) is 4. The molecular weight excluding hydrogens is 440 g/mol. The van der Waals surface area contributed by atoms with E-state index in [9.17, 15) is 14.4 Å². The number of hydrogen-bond donors (Lipinski definition) is 0. The molecule has 0 aliphatic carbocycles. The van der Waals surface area contributed by atoms with Crippen LogP contribution in [0.1, 0.15) is 55.0 Å². The van der Waals surface area contributed by atoms with E-state index in [4.69, 9.17) is 4.74 Å². The molecule has 3 aromatic rings. The lowest BCUT2D eigenvalue weighted by atomic mass is 9.90. The number of nitrogens with zero attached hydrogens (tertiary/aromatic N) is 2. The van der Waals surface area contributed by atoms with Gasteiger partial charge in [-0.05, 0) is 72.7 Å². The summed E-state index contributed by atoms with van der Waals surface area (Å²) in [7, 11) is 1.67. The normalized spacial score (nSPS) is 15.9. The van der Waals surface area contributed by atoms with E-state index in [1.165, 1.54) is 10.5 Å². The fourth-order valence-corrected chi connectivity index (χ4v) is 4.94. The first-order valence-electron chi connectivity index (χ1n) is 12.0. The summed E-state index contributed by atoms with van der Waals surface area (Å²) in [5.74, 6) is 0.907. The van der Waals surface area contributed by atoms with Gasteiger partial charge in [-0.3, -0.25) is 19.3 Å². The van der Waals surface area contributed by atoms with Crippen molar-refractivity contribution >= 4 is 17.7 Å². The number of imide groups is 1. The van der Waals surface area contributed by atoms with Crippen LogP contribution in [0.15, 0.2) is 72.8 Å². The maximum atomic E-state index is 13.0. The Bertz CT molecular complexity index is 1210. The summed E-state index contributed by atoms with van der Waals surface area (Å²) in [6.07, 6.45) is 2.98. The van der Waals surface area contributed by atoms with Crippen molar-refractivity contribution in [1.29, 1.82) is 0 Å². The average Bonchev–Trinajstić information content (AvgIpc) is 3.14. The SMILES string of the molecule is COc1ccc(CC2CCN(C(=O)c3ccc(CN4C(=O)c5ccccc5C4=O)cc3)CC2)cc1. The molecule has 0 bridgehead atoms. The van der Waals surface area contributed by atoms with E-state index in [0.29, 0.717) is 22.6 Å². The van der Waals surface area contributed by atoms with Crippen molar-refractivity contribution in [3.05, 3.63) is 101 Å². The van der Waals surface area contributed by atoms with Crippen LogP contribution in [0.3, 0.4) is 0 Å². The summed E-state index contributed by atoms with van der Waals surface area (Å²) in [5.41, 5.74) is 3.63. The van der Waals surface area contributed by atoms with Crippen LogP contribution in [0.5, 0.6) is 5.75 Å². The molecule has 35 heavy (non-hydrogen) atoms. The van der Waals surface area contributed by atoms with Crippen LogP contribution in [0.2, 0.25) is 0 Å². The van der Waals surface area contributed by atoms with Gasteiger partial charge in [0.25, 0.3) is 17.7 Å². The molecule has 2 aliphatic rings. The van der Waals surface area contributed by atoms with Crippen LogP contribution in [0.25, 0.3) is 0 Å². The van der Waals surface area contributed by atoms with E-state index >= 15 is 0 Å². The van der Waals surface area contributed by atoms with Crippen LogP contribution in [0.4, 0.5) is 0 Å². The van der Waals surface area contributed by atoms with Gasteiger partial charge in [0.05, 0.1) is 24.8 Å². The molecule has 6 heteroatoms. The first-order valence-corrected chi connectivity index (χ1v) is 12.0. The number of benzene rings is 3. The van der Waals surface area contributed by atoms with Crippen molar-refractivity contribution in [2.75, 3.05) is 20.2 Å². The third-order valence-corrected chi connectivity index (χ3v) is 7.00. The third kappa shape index (κ3) is 4.69. The van der Waals surface area contributed by atoms with Crippen molar-refractivity contribution in [3.8, 4) is 5.75 Å². The van der Waals surface area contributed by atoms with Crippen molar-refractivity contribution in [2.45, 2.75) is 25.8 Å². The Kier molecular flexibility index (Phi) is 6.36. The summed E-state index contributed by atoms with van der Waals surface area (Å²) >= 11 is 0. The van der Waals surface area contributed by atoms with E-state index in [0.717, 1.165) is 43.7 Å². The molecule has 3 amide bonds. The second kappa shape index (κ2) is 9.74. The highest BCUT2D eigenvalue weighted by Crippen LogP contribution is 2.26. The molecule has 2 aliphatic heterocycles. The minimum atomic E-state index is -0.275. The van der Waals surface area contributed by atoms with Gasteiger partial charge in [-0.25, -0.2) is 0 Å². The number of carbonyl (C=O) groups excluding carboxylic acids is 3. The van der Waals surface area contributed by atoms with Crippen LogP contribution in [0, 0.1) is 5.92 Å². The van der Waals surface area contributed by atoms with Gasteiger partial charge in [0.1, 0.15) is 5.75 Å². The van der Waals surface area contributed by atoms with Crippen LogP contribution in [-0.4, -0.2) is 47.7 Å². The highest BCUT2D eigenvalue weighted by Gasteiger charge is 2.35. The molecule has 0 atom stereocenters. The molecule has 6 nitrogen and oxygen atoms in total. The maximum Gasteiger partial charge on any atom is 0.261 e. The number of rotatable bonds is 6. The maximum absolute atomic E-state index is 13.0. The highest BCUT2D eigenvalue weighted by atomic mass is 16.5. The quantitative estimate of drug-likeness (QED) is 0.497. The zero-order chi connectivity index (χ0) is 24.4. The van der Waals surface area contributed by atoms with Crippen molar-refractivity contribution < 1.29 is 19.1 Å². The molecule has 5 rings (SSSR count). The molecule has 0 aromatic heterocycles. The van der Waals surface area contributed by atoms with Crippen molar-refractivity contribution in [2.24, 2.45) is 5.92 Å². The predicted octanol–water partition coefficient (Wildman–Crippen LogP) is 4.59. The van der Waals surface area contributed by atoms with Gasteiger partial charge in [0.15, 0.2) is 0 Å². The molecule has 1 fully saturated rings. The van der Waals surface area contributed by atoms with Crippen LogP contribution in [-0.2, 0) is 13.0 Å². The van der Waals surface area contributed by atoms with E-state index < -0.39 is 0 Å². The molecule has 0 unspecified atom stereocenters. The minimum absolute atomic E-state index is 0.0279. The predicted molar refractivity (Wildman–Crippen MR) is 132 cm³/mol. The monoisotopic (exact) mass is 468 g/mol. The van der Waals surface area contributed by atoms with E-state index in [-0.39, 0.29) is 24.3 Å². The fraction of sp³-hybridized carbons (Fsp3) is 0.276. The Morgan fingerprint density at radius 3 is 1.97 bits per heavy atom. The van der Waals surface area contributed by atoms with Gasteiger partial charge < -0.3 is 9.64 Å². The summed E-state index contributed by atoms with van der Waals surface area (Å²) in [6.45, 7) is 1.68. The number of likely N-dealkylation sites (tertiary alicyclic amines) is 1. The van der Waals surface area contributed by atoms with Crippen molar-refractivity contribution in [1.82, 2.24) is 9.80 Å². The van der Waals surface area contributed by atoms with Crippen LogP contribution >= 0.6 is 0 Å². The zero-order valence-corrected chi connectivity index (χ0v) is 19.8. The minimum Gasteiger partial charge on any atom is -0.497 e. The van der Waals surface area contributed by atoms with E-state index in [1.807, 2.05) is 29.2 Å². The van der Waals surface area contributed by atoms with E-state index in [1.54, 1.807) is 43.5 Å². The summed E-state index contributed by atoms with van der Waals surface area (Å²) in [6, 6.07) is 22.3. The van der Waals surface area contributed by atoms with Gasteiger partial charge in [-0.2, -0.15) is 0 Å². The number of fused-ring (bicyclic) bond motifs is 1. The van der Waals surface area contributed by atoms with E-state index in [2.05, 4.69) is 12.1 Å². The molecule has 3 aromatic carbocycles. The summed E-state index contributed by atoms with van der Waals surface area (Å²) in [5, 5.41) is 0. The van der Waals surface area contributed by atoms with Gasteiger partial charge in [-0.15, -0.1) is 0 Å². The molecule has 0 radical (unpaired) electrons. The highest BCUT2D eigenvalue weighted by molar-refractivity contribution is 6.21. The lowest BCUT2D eigenvalue weighted by molar-refractivity contribution is 0.0639. The molecular formula is C29H28N2O4. The second-order valence-corrected chi connectivity index (χ2v) is 9.23. The molecule has 2 heterocycles. The Morgan fingerprint density at radius 1 is 0.829 bits per heavy atom. The van der Waals surface area contributed by atoms with Crippen molar-refractivity contribution in [3.63, 3.8) is 0 Å². The molecule has 0 spiro atoms. The number of amides is 3. The lowest BCUT2D eigenvalue weighted by Gasteiger charge is -2.32. The lowest BCUT2D eigenvalue weighted by Crippen LogP contribution is -2.38. The Morgan fingerprint density at radius 2 is 1.40 bits per heavy atom. The molecule has 178 valence electrons. The topological polar surface area (TPSA) is 66.9 Å². The standard InChI is InChI=1S/C29H28N2O4/c1-35-24-12-8-20(9-13-24)18-21-14-16-30(17-15-21)27(32)23-10-6-22(7-11-23)19-31-28(33)25-4-2-3-5-26(25)29(31)34/h2-13,21H,14-19H2,1H3. The number of carbonyl (C=O) groups is 3. The first-order chi connectivity index (χ1) is 17.0. The number of methoxy groups -OCH3 is 1. The first kappa shape index (κ1) is 22.8. The van der Waals surface area contributed by atoms with Crippen LogP contribution < -0.4 is 4.74 Å². The third-order valence-electron chi connectivity index (χ3n) is 7.00. The summed E-state index contributed by atoms with van der Waals surface area (Å²) < 4.78 is 5.23. The fourth-order valence-electron chi connectivity index (χ4n) is 4.94. The van der Waals surface area contributed by atoms with Gasteiger partial charge >= 0.3 is 0 Å². The van der Waals surface area contributed by atoms with Gasteiger partial charge in [-0.1, -0.05) is 36.4 Å². The molecule has 1 saturated heterocycles. The Balaban J connectivity index is 1.15. The molecule has 0 N–H and O–H groups in total. The zero-order valence-electron chi connectivity index (χ0n) is 19.8. The van der Waals surface area contributed by atoms with Gasteiger partial charge in [0.2, 0.25) is 0 Å².